The largest absolute Gasteiger partial charge is 0.346 e. The highest BCUT2D eigenvalue weighted by molar-refractivity contribution is 6.05. The predicted octanol–water partition coefficient (Wildman–Crippen LogP) is 1.73. The summed E-state index contributed by atoms with van der Waals surface area (Å²) in [6.07, 6.45) is 6.81. The number of nitrogens with zero attached hydrogens (tertiary/aromatic N) is 4. The molecule has 1 aliphatic rings. The van der Waals surface area contributed by atoms with Gasteiger partial charge < -0.3 is 10.2 Å². The van der Waals surface area contributed by atoms with E-state index in [1.807, 2.05) is 18.2 Å². The van der Waals surface area contributed by atoms with E-state index in [9.17, 15) is 9.59 Å². The van der Waals surface area contributed by atoms with Crippen LogP contribution in [0.5, 0.6) is 0 Å². The Bertz CT molecular complexity index is 971. The molecule has 26 heavy (non-hydrogen) atoms. The summed E-state index contributed by atoms with van der Waals surface area (Å²) in [6.45, 7) is 0. The fourth-order valence-electron chi connectivity index (χ4n) is 3.43. The van der Waals surface area contributed by atoms with Crippen molar-refractivity contribution in [1.29, 1.82) is 0 Å². The van der Waals surface area contributed by atoms with Gasteiger partial charge in [-0.05, 0) is 23.8 Å². The molecule has 3 heterocycles. The standard InChI is InChI=1S/C19H17N5O2/c1-24-16(25)10-15(18(24)12-4-3-7-20-11-12)23-19(26)13-5-2-6-14-17(13)22-9-8-21-14/h2-9,11,15,18H,10H2,1H3,(H,23,26)/t15-,18+/m1/s1. The topological polar surface area (TPSA) is 88.1 Å². The van der Waals surface area contributed by atoms with Crippen LogP contribution in [0.2, 0.25) is 0 Å². The lowest BCUT2D eigenvalue weighted by molar-refractivity contribution is -0.127. The van der Waals surface area contributed by atoms with E-state index in [4.69, 9.17) is 0 Å². The molecule has 0 saturated carbocycles. The highest BCUT2D eigenvalue weighted by Crippen LogP contribution is 2.31. The van der Waals surface area contributed by atoms with Crippen LogP contribution in [0, 0.1) is 0 Å². The van der Waals surface area contributed by atoms with Gasteiger partial charge in [0.1, 0.15) is 5.52 Å². The normalized spacial score (nSPS) is 19.7. The monoisotopic (exact) mass is 347 g/mol. The molecule has 2 aromatic heterocycles. The zero-order chi connectivity index (χ0) is 18.1. The number of aromatic nitrogens is 3. The summed E-state index contributed by atoms with van der Waals surface area (Å²) in [5.74, 6) is -0.278. The quantitative estimate of drug-likeness (QED) is 0.779. The van der Waals surface area contributed by atoms with Crippen LogP contribution in [0.25, 0.3) is 11.0 Å². The van der Waals surface area contributed by atoms with Crippen LogP contribution in [-0.4, -0.2) is 44.8 Å². The number of para-hydroxylation sites is 1. The second kappa shape index (κ2) is 6.51. The Kier molecular flexibility index (Phi) is 4.04. The number of pyridine rings is 1. The Hall–Kier alpha value is -3.35. The molecule has 0 spiro atoms. The molecule has 1 saturated heterocycles. The van der Waals surface area contributed by atoms with Gasteiger partial charge in [0.2, 0.25) is 5.91 Å². The zero-order valence-corrected chi connectivity index (χ0v) is 14.2. The summed E-state index contributed by atoms with van der Waals surface area (Å²) in [6, 6.07) is 8.45. The minimum absolute atomic E-state index is 0.0122. The van der Waals surface area contributed by atoms with Crippen molar-refractivity contribution in [2.24, 2.45) is 0 Å². The Morgan fingerprint density at radius 3 is 2.81 bits per heavy atom. The van der Waals surface area contributed by atoms with Crippen molar-refractivity contribution in [3.05, 3.63) is 66.2 Å². The van der Waals surface area contributed by atoms with Crippen LogP contribution in [0.4, 0.5) is 0 Å². The van der Waals surface area contributed by atoms with Gasteiger partial charge in [-0.25, -0.2) is 0 Å². The maximum atomic E-state index is 12.9. The fraction of sp³-hybridized carbons (Fsp3) is 0.211. The van der Waals surface area contributed by atoms with Gasteiger partial charge in [-0.15, -0.1) is 0 Å². The van der Waals surface area contributed by atoms with E-state index in [-0.39, 0.29) is 30.3 Å². The number of hydrogen-bond donors (Lipinski definition) is 1. The SMILES string of the molecule is CN1C(=O)C[C@@H](NC(=O)c2cccc3nccnc23)[C@@H]1c1cccnc1. The average Bonchev–Trinajstić information content (AvgIpc) is 2.95. The van der Waals surface area contributed by atoms with Crippen molar-refractivity contribution >= 4 is 22.8 Å². The summed E-state index contributed by atoms with van der Waals surface area (Å²) in [5, 5.41) is 3.00. The number of amides is 2. The van der Waals surface area contributed by atoms with Crippen molar-refractivity contribution < 1.29 is 9.59 Å². The summed E-state index contributed by atoms with van der Waals surface area (Å²) >= 11 is 0. The molecule has 130 valence electrons. The second-order valence-electron chi connectivity index (χ2n) is 6.25. The van der Waals surface area contributed by atoms with Crippen molar-refractivity contribution in [3.63, 3.8) is 0 Å². The lowest BCUT2D eigenvalue weighted by Crippen LogP contribution is -2.39. The summed E-state index contributed by atoms with van der Waals surface area (Å²) in [4.78, 5) is 39.4. The summed E-state index contributed by atoms with van der Waals surface area (Å²) < 4.78 is 0. The molecule has 2 amide bonds. The van der Waals surface area contributed by atoms with E-state index < -0.39 is 0 Å². The van der Waals surface area contributed by atoms with Crippen molar-refractivity contribution in [1.82, 2.24) is 25.2 Å². The summed E-state index contributed by atoms with van der Waals surface area (Å²) in [5.41, 5.74) is 2.54. The molecule has 7 heteroatoms. The number of nitrogens with one attached hydrogen (secondary N) is 1. The lowest BCUT2D eigenvalue weighted by Gasteiger charge is -2.25. The van der Waals surface area contributed by atoms with Crippen molar-refractivity contribution in [2.45, 2.75) is 18.5 Å². The van der Waals surface area contributed by atoms with Gasteiger partial charge in [0.25, 0.3) is 5.91 Å². The minimum Gasteiger partial charge on any atom is -0.346 e. The molecule has 3 aromatic rings. The van der Waals surface area contributed by atoms with Crippen molar-refractivity contribution in [3.8, 4) is 0 Å². The number of carbonyl (C=O) groups is 2. The fourth-order valence-corrected chi connectivity index (χ4v) is 3.43. The molecular weight excluding hydrogens is 330 g/mol. The number of carbonyl (C=O) groups excluding carboxylic acids is 2. The van der Waals surface area contributed by atoms with E-state index >= 15 is 0 Å². The second-order valence-corrected chi connectivity index (χ2v) is 6.25. The average molecular weight is 347 g/mol. The first-order valence-electron chi connectivity index (χ1n) is 8.31. The molecule has 0 aliphatic carbocycles. The molecule has 0 radical (unpaired) electrons. The lowest BCUT2D eigenvalue weighted by atomic mass is 10.0. The van der Waals surface area contributed by atoms with Crippen molar-refractivity contribution in [2.75, 3.05) is 7.05 Å². The third kappa shape index (κ3) is 2.77. The molecule has 0 bridgehead atoms. The first-order chi connectivity index (χ1) is 12.6. The first kappa shape index (κ1) is 16.1. The van der Waals surface area contributed by atoms with E-state index in [0.29, 0.717) is 16.6 Å². The number of hydrogen-bond acceptors (Lipinski definition) is 5. The highest BCUT2D eigenvalue weighted by Gasteiger charge is 2.39. The van der Waals surface area contributed by atoms with Gasteiger partial charge in [0.05, 0.1) is 23.2 Å². The summed E-state index contributed by atoms with van der Waals surface area (Å²) in [7, 11) is 1.75. The zero-order valence-electron chi connectivity index (χ0n) is 14.2. The maximum absolute atomic E-state index is 12.9. The molecule has 1 fully saturated rings. The van der Waals surface area contributed by atoms with Gasteiger partial charge in [-0.3, -0.25) is 24.5 Å². The smallest absolute Gasteiger partial charge is 0.253 e. The van der Waals surface area contributed by atoms with E-state index in [1.165, 1.54) is 0 Å². The minimum atomic E-state index is -0.337. The van der Waals surface area contributed by atoms with Crippen LogP contribution in [0.15, 0.2) is 55.1 Å². The molecule has 1 N–H and O–H groups in total. The number of fused-ring (bicyclic) bond motifs is 1. The van der Waals surface area contributed by atoms with Gasteiger partial charge >= 0.3 is 0 Å². The van der Waals surface area contributed by atoms with E-state index in [1.54, 1.807) is 48.9 Å². The third-order valence-electron chi connectivity index (χ3n) is 4.67. The molecule has 1 aliphatic heterocycles. The Morgan fingerprint density at radius 1 is 1.15 bits per heavy atom. The van der Waals surface area contributed by atoms with E-state index in [0.717, 1.165) is 5.56 Å². The molecular formula is C19H17N5O2. The number of likely N-dealkylation sites (tertiary alicyclic amines) is 1. The third-order valence-corrected chi connectivity index (χ3v) is 4.67. The Labute approximate surface area is 150 Å². The van der Waals surface area contributed by atoms with E-state index in [2.05, 4.69) is 20.3 Å². The van der Waals surface area contributed by atoms with Crippen LogP contribution in [0.3, 0.4) is 0 Å². The molecule has 2 atom stereocenters. The highest BCUT2D eigenvalue weighted by atomic mass is 16.2. The maximum Gasteiger partial charge on any atom is 0.253 e. The van der Waals surface area contributed by atoms with Gasteiger partial charge in [0.15, 0.2) is 0 Å². The number of benzene rings is 1. The van der Waals surface area contributed by atoms with Crippen LogP contribution in [0.1, 0.15) is 28.4 Å². The molecule has 1 aromatic carbocycles. The van der Waals surface area contributed by atoms with Crippen LogP contribution in [-0.2, 0) is 4.79 Å². The molecule has 0 unspecified atom stereocenters. The van der Waals surface area contributed by atoms with Crippen LogP contribution < -0.4 is 5.32 Å². The predicted molar refractivity (Wildman–Crippen MR) is 95.2 cm³/mol. The van der Waals surface area contributed by atoms with Gasteiger partial charge in [-0.2, -0.15) is 0 Å². The first-order valence-corrected chi connectivity index (χ1v) is 8.31. The molecule has 7 nitrogen and oxygen atoms in total. The molecule has 4 rings (SSSR count). The number of likely N-dealkylation sites (N-methyl/N-ethyl adjacent to an activating group) is 1. The van der Waals surface area contributed by atoms with Gasteiger partial charge in [-0.1, -0.05) is 12.1 Å². The van der Waals surface area contributed by atoms with Gasteiger partial charge in [0, 0.05) is 38.3 Å². The number of rotatable bonds is 3. The Morgan fingerprint density at radius 2 is 2.00 bits per heavy atom. The Balaban J connectivity index is 1.65. The van der Waals surface area contributed by atoms with Crippen LogP contribution >= 0.6 is 0 Å².